The van der Waals surface area contributed by atoms with Gasteiger partial charge in [-0.15, -0.1) is 0 Å². The molecular formula is C13H22N2O2S. The van der Waals surface area contributed by atoms with Gasteiger partial charge in [0.05, 0.1) is 0 Å². The molecular weight excluding hydrogens is 248 g/mol. The van der Waals surface area contributed by atoms with Crippen molar-refractivity contribution in [2.45, 2.75) is 32.1 Å². The van der Waals surface area contributed by atoms with E-state index >= 15 is 0 Å². The van der Waals surface area contributed by atoms with Crippen LogP contribution in [-0.4, -0.2) is 54.0 Å². The molecule has 0 aromatic heterocycles. The third-order valence-corrected chi connectivity index (χ3v) is 4.97. The SMILES string of the molecule is CN1CCN(CC2(CS)CCCCC2)C(=O)C1=O. The predicted octanol–water partition coefficient (Wildman–Crippen LogP) is 1.17. The third kappa shape index (κ3) is 2.66. The minimum absolute atomic E-state index is 0.132. The van der Waals surface area contributed by atoms with Crippen LogP contribution in [0.5, 0.6) is 0 Å². The van der Waals surface area contributed by atoms with Gasteiger partial charge in [-0.25, -0.2) is 0 Å². The molecule has 1 aliphatic carbocycles. The zero-order valence-electron chi connectivity index (χ0n) is 11.0. The monoisotopic (exact) mass is 270 g/mol. The number of carbonyl (C=O) groups is 2. The standard InChI is InChI=1S/C13H22N2O2S/c1-14-7-8-15(12(17)11(14)16)9-13(10-18)5-3-2-4-6-13/h18H,2-10H2,1H3. The summed E-state index contributed by atoms with van der Waals surface area (Å²) in [5.74, 6) is 0.0997. The molecule has 5 heteroatoms. The van der Waals surface area contributed by atoms with Crippen molar-refractivity contribution < 1.29 is 9.59 Å². The number of hydrogen-bond donors (Lipinski definition) is 1. The number of rotatable bonds is 3. The van der Waals surface area contributed by atoms with Crippen molar-refractivity contribution in [3.63, 3.8) is 0 Å². The van der Waals surface area contributed by atoms with Gasteiger partial charge in [-0.05, 0) is 24.0 Å². The van der Waals surface area contributed by atoms with E-state index in [4.69, 9.17) is 0 Å². The van der Waals surface area contributed by atoms with E-state index in [1.807, 2.05) is 0 Å². The van der Waals surface area contributed by atoms with Crippen LogP contribution in [0.15, 0.2) is 0 Å². The van der Waals surface area contributed by atoms with Gasteiger partial charge in [0.1, 0.15) is 0 Å². The molecule has 1 aliphatic heterocycles. The lowest BCUT2D eigenvalue weighted by Crippen LogP contribution is -2.55. The average Bonchev–Trinajstić information content (AvgIpc) is 2.41. The first kappa shape index (κ1) is 13.7. The highest BCUT2D eigenvalue weighted by atomic mass is 32.1. The molecule has 2 aliphatic rings. The summed E-state index contributed by atoms with van der Waals surface area (Å²) in [4.78, 5) is 26.9. The Morgan fingerprint density at radius 2 is 1.78 bits per heavy atom. The smallest absolute Gasteiger partial charge is 0.312 e. The molecule has 0 unspecified atom stereocenters. The van der Waals surface area contributed by atoms with Gasteiger partial charge in [0.15, 0.2) is 0 Å². The second-order valence-electron chi connectivity index (χ2n) is 5.67. The van der Waals surface area contributed by atoms with E-state index in [1.165, 1.54) is 24.2 Å². The van der Waals surface area contributed by atoms with Crippen molar-refractivity contribution >= 4 is 24.4 Å². The number of hydrogen-bond acceptors (Lipinski definition) is 3. The van der Waals surface area contributed by atoms with E-state index in [0.29, 0.717) is 19.6 Å². The molecule has 0 radical (unpaired) electrons. The lowest BCUT2D eigenvalue weighted by atomic mass is 9.75. The molecule has 0 atom stereocenters. The van der Waals surface area contributed by atoms with E-state index in [9.17, 15) is 9.59 Å². The van der Waals surface area contributed by atoms with E-state index < -0.39 is 0 Å². The Morgan fingerprint density at radius 1 is 1.11 bits per heavy atom. The molecule has 1 saturated carbocycles. The van der Waals surface area contributed by atoms with Crippen LogP contribution >= 0.6 is 12.6 Å². The highest BCUT2D eigenvalue weighted by Gasteiger charge is 2.38. The molecule has 102 valence electrons. The first-order valence-electron chi connectivity index (χ1n) is 6.73. The van der Waals surface area contributed by atoms with Gasteiger partial charge in [-0.3, -0.25) is 9.59 Å². The number of amides is 2. The normalized spacial score (nSPS) is 24.6. The zero-order valence-corrected chi connectivity index (χ0v) is 11.9. The molecule has 0 spiro atoms. The maximum absolute atomic E-state index is 12.0. The van der Waals surface area contributed by atoms with Crippen molar-refractivity contribution in [1.29, 1.82) is 0 Å². The van der Waals surface area contributed by atoms with Gasteiger partial charge in [-0.2, -0.15) is 12.6 Å². The van der Waals surface area contributed by atoms with Gasteiger partial charge >= 0.3 is 11.8 Å². The van der Waals surface area contributed by atoms with E-state index in [-0.39, 0.29) is 17.2 Å². The van der Waals surface area contributed by atoms with Gasteiger partial charge in [0.2, 0.25) is 0 Å². The molecule has 2 rings (SSSR count). The molecule has 0 bridgehead atoms. The summed E-state index contributed by atoms with van der Waals surface area (Å²) in [7, 11) is 1.69. The second-order valence-corrected chi connectivity index (χ2v) is 5.99. The number of carbonyl (C=O) groups excluding carboxylic acids is 2. The van der Waals surface area contributed by atoms with Crippen LogP contribution in [0.2, 0.25) is 0 Å². The lowest BCUT2D eigenvalue weighted by molar-refractivity contribution is -0.156. The Labute approximate surface area is 114 Å². The topological polar surface area (TPSA) is 40.6 Å². The van der Waals surface area contributed by atoms with Crippen LogP contribution in [-0.2, 0) is 9.59 Å². The Bertz CT molecular complexity index is 340. The summed E-state index contributed by atoms with van der Waals surface area (Å²) in [6.45, 7) is 2.01. The number of likely N-dealkylation sites (N-methyl/N-ethyl adjacent to an activating group) is 1. The minimum Gasteiger partial charge on any atom is -0.336 e. The molecule has 4 nitrogen and oxygen atoms in total. The molecule has 0 aromatic carbocycles. The van der Waals surface area contributed by atoms with Crippen LogP contribution in [0.1, 0.15) is 32.1 Å². The number of piperazine rings is 1. The van der Waals surface area contributed by atoms with Crippen molar-refractivity contribution in [2.75, 3.05) is 32.4 Å². The first-order chi connectivity index (χ1) is 8.58. The second kappa shape index (κ2) is 5.51. The summed E-state index contributed by atoms with van der Waals surface area (Å²) >= 11 is 4.49. The van der Waals surface area contributed by atoms with Crippen molar-refractivity contribution in [2.24, 2.45) is 5.41 Å². The lowest BCUT2D eigenvalue weighted by Gasteiger charge is -2.42. The quantitative estimate of drug-likeness (QED) is 0.618. The van der Waals surface area contributed by atoms with E-state index in [1.54, 1.807) is 11.9 Å². The van der Waals surface area contributed by atoms with Crippen LogP contribution in [0.4, 0.5) is 0 Å². The highest BCUT2D eigenvalue weighted by molar-refractivity contribution is 7.80. The molecule has 2 amide bonds. The maximum atomic E-state index is 12.0. The Hall–Kier alpha value is -0.710. The molecule has 0 aromatic rings. The van der Waals surface area contributed by atoms with Gasteiger partial charge in [0, 0.05) is 26.7 Å². The Balaban J connectivity index is 2.03. The zero-order chi connectivity index (χ0) is 13.2. The fourth-order valence-corrected chi connectivity index (χ4v) is 3.41. The largest absolute Gasteiger partial charge is 0.336 e. The van der Waals surface area contributed by atoms with Crippen LogP contribution in [0, 0.1) is 5.41 Å². The summed E-state index contributed by atoms with van der Waals surface area (Å²) in [5, 5.41) is 0. The van der Waals surface area contributed by atoms with Crippen LogP contribution < -0.4 is 0 Å². The van der Waals surface area contributed by atoms with Gasteiger partial charge < -0.3 is 9.80 Å². The van der Waals surface area contributed by atoms with Gasteiger partial charge in [0.25, 0.3) is 0 Å². The molecule has 18 heavy (non-hydrogen) atoms. The number of thiol groups is 1. The summed E-state index contributed by atoms with van der Waals surface area (Å²) < 4.78 is 0. The molecule has 1 saturated heterocycles. The van der Waals surface area contributed by atoms with Crippen LogP contribution in [0.25, 0.3) is 0 Å². The molecule has 0 N–H and O–H groups in total. The third-order valence-electron chi connectivity index (χ3n) is 4.30. The van der Waals surface area contributed by atoms with Crippen molar-refractivity contribution in [3.05, 3.63) is 0 Å². The maximum Gasteiger partial charge on any atom is 0.312 e. The highest BCUT2D eigenvalue weighted by Crippen LogP contribution is 2.38. The number of nitrogens with zero attached hydrogens (tertiary/aromatic N) is 2. The van der Waals surface area contributed by atoms with Crippen molar-refractivity contribution in [1.82, 2.24) is 9.80 Å². The summed E-state index contributed by atoms with van der Waals surface area (Å²) in [6.07, 6.45) is 5.98. The summed E-state index contributed by atoms with van der Waals surface area (Å²) in [5.41, 5.74) is 0.132. The minimum atomic E-state index is -0.369. The Morgan fingerprint density at radius 3 is 2.39 bits per heavy atom. The predicted molar refractivity (Wildman–Crippen MR) is 73.6 cm³/mol. The average molecular weight is 270 g/mol. The Kier molecular flexibility index (Phi) is 4.20. The van der Waals surface area contributed by atoms with E-state index in [2.05, 4.69) is 12.6 Å². The summed E-state index contributed by atoms with van der Waals surface area (Å²) in [6, 6.07) is 0. The first-order valence-corrected chi connectivity index (χ1v) is 7.36. The fraction of sp³-hybridized carbons (Fsp3) is 0.846. The molecule has 1 heterocycles. The fourth-order valence-electron chi connectivity index (χ4n) is 3.00. The van der Waals surface area contributed by atoms with E-state index in [0.717, 1.165) is 18.6 Å². The van der Waals surface area contributed by atoms with Crippen molar-refractivity contribution in [3.8, 4) is 0 Å². The molecule has 2 fully saturated rings. The van der Waals surface area contributed by atoms with Crippen LogP contribution in [0.3, 0.4) is 0 Å². The van der Waals surface area contributed by atoms with Gasteiger partial charge in [-0.1, -0.05) is 19.3 Å².